The van der Waals surface area contributed by atoms with E-state index in [1.54, 1.807) is 12.3 Å². The number of carboxylic acids is 1. The van der Waals surface area contributed by atoms with Crippen LogP contribution in [0.5, 0.6) is 0 Å². The van der Waals surface area contributed by atoms with E-state index in [-0.39, 0.29) is 6.42 Å². The largest absolute Gasteiger partial charge is 0.550 e. The lowest BCUT2D eigenvalue weighted by molar-refractivity contribution is -0.304. The SMILES string of the molecule is O=C([O-])Cc1c[nH]c2cccc(Cl)c12. The van der Waals surface area contributed by atoms with E-state index >= 15 is 0 Å². The van der Waals surface area contributed by atoms with Crippen LogP contribution >= 0.6 is 11.6 Å². The minimum absolute atomic E-state index is 0.121. The van der Waals surface area contributed by atoms with Gasteiger partial charge >= 0.3 is 0 Å². The summed E-state index contributed by atoms with van der Waals surface area (Å²) in [7, 11) is 0. The summed E-state index contributed by atoms with van der Waals surface area (Å²) >= 11 is 5.95. The molecular formula is C10H7ClNO2-. The third kappa shape index (κ3) is 1.46. The molecule has 1 heterocycles. The molecule has 0 aliphatic carbocycles. The van der Waals surface area contributed by atoms with Crippen molar-refractivity contribution in [2.75, 3.05) is 0 Å². The van der Waals surface area contributed by atoms with Crippen molar-refractivity contribution in [2.24, 2.45) is 0 Å². The highest BCUT2D eigenvalue weighted by Crippen LogP contribution is 2.26. The Morgan fingerprint density at radius 1 is 1.50 bits per heavy atom. The topological polar surface area (TPSA) is 55.9 Å². The average Bonchev–Trinajstić information content (AvgIpc) is 2.49. The van der Waals surface area contributed by atoms with Crippen LogP contribution in [0.2, 0.25) is 5.02 Å². The van der Waals surface area contributed by atoms with Gasteiger partial charge in [0.1, 0.15) is 0 Å². The summed E-state index contributed by atoms with van der Waals surface area (Å²) < 4.78 is 0. The van der Waals surface area contributed by atoms with Crippen LogP contribution in [0.25, 0.3) is 10.9 Å². The molecule has 0 unspecified atom stereocenters. The highest BCUT2D eigenvalue weighted by atomic mass is 35.5. The van der Waals surface area contributed by atoms with Crippen LogP contribution in [-0.4, -0.2) is 11.0 Å². The van der Waals surface area contributed by atoms with Gasteiger partial charge in [0, 0.05) is 29.5 Å². The van der Waals surface area contributed by atoms with Gasteiger partial charge in [-0.05, 0) is 17.7 Å². The second kappa shape index (κ2) is 3.35. The summed E-state index contributed by atoms with van der Waals surface area (Å²) in [4.78, 5) is 13.4. The molecule has 4 heteroatoms. The molecule has 0 aliphatic heterocycles. The third-order valence-electron chi connectivity index (χ3n) is 2.07. The van der Waals surface area contributed by atoms with E-state index in [0.717, 1.165) is 10.9 Å². The first-order chi connectivity index (χ1) is 6.68. The molecule has 0 fully saturated rings. The number of aliphatic carboxylic acids is 1. The number of hydrogen-bond acceptors (Lipinski definition) is 2. The molecule has 2 aromatic rings. The van der Waals surface area contributed by atoms with E-state index in [1.807, 2.05) is 12.1 Å². The molecule has 0 saturated carbocycles. The van der Waals surface area contributed by atoms with Gasteiger partial charge in [-0.2, -0.15) is 0 Å². The van der Waals surface area contributed by atoms with Gasteiger partial charge in [0.2, 0.25) is 0 Å². The van der Waals surface area contributed by atoms with Gasteiger partial charge in [0.15, 0.2) is 0 Å². The molecule has 0 spiro atoms. The predicted octanol–water partition coefficient (Wildman–Crippen LogP) is 1.11. The molecule has 1 aromatic carbocycles. The second-order valence-corrected chi connectivity index (χ2v) is 3.43. The van der Waals surface area contributed by atoms with Crippen molar-refractivity contribution in [2.45, 2.75) is 6.42 Å². The lowest BCUT2D eigenvalue weighted by Crippen LogP contribution is -2.24. The first-order valence-corrected chi connectivity index (χ1v) is 4.50. The summed E-state index contributed by atoms with van der Waals surface area (Å²) in [6.45, 7) is 0. The minimum atomic E-state index is -1.11. The Bertz CT molecular complexity index is 490. The standard InChI is InChI=1S/C10H8ClNO2/c11-7-2-1-3-8-10(7)6(5-12-8)4-9(13)14/h1-3,5,12H,4H2,(H,13,14)/p-1. The van der Waals surface area contributed by atoms with Crippen molar-refractivity contribution in [1.82, 2.24) is 4.98 Å². The number of carbonyl (C=O) groups is 1. The number of nitrogens with one attached hydrogen (secondary N) is 1. The number of carboxylic acid groups (broad SMARTS) is 1. The number of fused-ring (bicyclic) bond motifs is 1. The first kappa shape index (κ1) is 9.09. The zero-order valence-electron chi connectivity index (χ0n) is 7.21. The lowest BCUT2D eigenvalue weighted by atomic mass is 10.1. The van der Waals surface area contributed by atoms with Crippen molar-refractivity contribution in [1.29, 1.82) is 0 Å². The summed E-state index contributed by atoms with van der Waals surface area (Å²) in [5, 5.41) is 11.8. The van der Waals surface area contributed by atoms with E-state index in [2.05, 4.69) is 4.98 Å². The molecule has 0 atom stereocenters. The van der Waals surface area contributed by atoms with Crippen LogP contribution in [0.1, 0.15) is 5.56 Å². The molecule has 1 N–H and O–H groups in total. The van der Waals surface area contributed by atoms with Crippen molar-refractivity contribution < 1.29 is 9.90 Å². The van der Waals surface area contributed by atoms with E-state index in [0.29, 0.717) is 10.6 Å². The Hall–Kier alpha value is -1.48. The molecule has 0 radical (unpaired) electrons. The zero-order chi connectivity index (χ0) is 10.1. The zero-order valence-corrected chi connectivity index (χ0v) is 7.97. The molecule has 0 amide bonds. The molecule has 3 nitrogen and oxygen atoms in total. The maximum atomic E-state index is 10.5. The van der Waals surface area contributed by atoms with E-state index in [1.165, 1.54) is 0 Å². The fourth-order valence-electron chi connectivity index (χ4n) is 1.50. The quantitative estimate of drug-likeness (QED) is 0.804. The normalized spacial score (nSPS) is 10.6. The number of rotatable bonds is 2. The van der Waals surface area contributed by atoms with Gasteiger partial charge in [0.25, 0.3) is 0 Å². The Morgan fingerprint density at radius 2 is 2.29 bits per heavy atom. The molecule has 72 valence electrons. The fraction of sp³-hybridized carbons (Fsp3) is 0.100. The van der Waals surface area contributed by atoms with Gasteiger partial charge < -0.3 is 14.9 Å². The van der Waals surface area contributed by atoms with E-state index in [9.17, 15) is 9.90 Å². The smallest absolute Gasteiger partial charge is 0.0502 e. The average molecular weight is 209 g/mol. The van der Waals surface area contributed by atoms with E-state index in [4.69, 9.17) is 11.6 Å². The number of hydrogen-bond donors (Lipinski definition) is 1. The van der Waals surface area contributed by atoms with Crippen molar-refractivity contribution >= 4 is 28.5 Å². The first-order valence-electron chi connectivity index (χ1n) is 4.13. The monoisotopic (exact) mass is 208 g/mol. The fourth-order valence-corrected chi connectivity index (χ4v) is 1.80. The molecule has 0 bridgehead atoms. The molecule has 14 heavy (non-hydrogen) atoms. The van der Waals surface area contributed by atoms with Crippen molar-refractivity contribution in [3.63, 3.8) is 0 Å². The van der Waals surface area contributed by atoms with Crippen LogP contribution in [0.15, 0.2) is 24.4 Å². The third-order valence-corrected chi connectivity index (χ3v) is 2.39. The van der Waals surface area contributed by atoms with Gasteiger partial charge in [-0.3, -0.25) is 0 Å². The highest BCUT2D eigenvalue weighted by Gasteiger charge is 2.06. The summed E-state index contributed by atoms with van der Waals surface area (Å²) in [6, 6.07) is 5.39. The van der Waals surface area contributed by atoms with Gasteiger partial charge in [-0.15, -0.1) is 0 Å². The second-order valence-electron chi connectivity index (χ2n) is 3.03. The number of aromatic nitrogens is 1. The predicted molar refractivity (Wildman–Crippen MR) is 52.0 cm³/mol. The van der Waals surface area contributed by atoms with Crippen molar-refractivity contribution in [3.05, 3.63) is 35.0 Å². The Morgan fingerprint density at radius 3 is 3.00 bits per heavy atom. The lowest BCUT2D eigenvalue weighted by Gasteiger charge is -2.01. The van der Waals surface area contributed by atoms with Gasteiger partial charge in [0.05, 0.1) is 5.02 Å². The molecule has 1 aromatic heterocycles. The maximum Gasteiger partial charge on any atom is 0.0502 e. The Kier molecular flexibility index (Phi) is 2.17. The number of halogens is 1. The Labute approximate surface area is 85.3 Å². The molecule has 2 rings (SSSR count). The summed E-state index contributed by atoms with van der Waals surface area (Å²) in [5.41, 5.74) is 1.50. The number of benzene rings is 1. The van der Waals surface area contributed by atoms with Gasteiger partial charge in [-0.1, -0.05) is 17.7 Å². The van der Waals surface area contributed by atoms with Crippen LogP contribution in [0.3, 0.4) is 0 Å². The number of aromatic amines is 1. The van der Waals surface area contributed by atoms with Crippen LogP contribution in [0.4, 0.5) is 0 Å². The van der Waals surface area contributed by atoms with Crippen LogP contribution in [0, 0.1) is 0 Å². The van der Waals surface area contributed by atoms with Crippen LogP contribution in [-0.2, 0) is 11.2 Å². The van der Waals surface area contributed by atoms with Gasteiger partial charge in [-0.25, -0.2) is 0 Å². The highest BCUT2D eigenvalue weighted by molar-refractivity contribution is 6.35. The minimum Gasteiger partial charge on any atom is -0.550 e. The van der Waals surface area contributed by atoms with E-state index < -0.39 is 5.97 Å². The summed E-state index contributed by atoms with van der Waals surface area (Å²) in [5.74, 6) is -1.11. The maximum absolute atomic E-state index is 10.5. The van der Waals surface area contributed by atoms with Crippen LogP contribution < -0.4 is 5.11 Å². The summed E-state index contributed by atoms with van der Waals surface area (Å²) in [6.07, 6.45) is 1.52. The number of H-pyrrole nitrogens is 1. The molecular weight excluding hydrogens is 202 g/mol. The number of carbonyl (C=O) groups excluding carboxylic acids is 1. The Balaban J connectivity index is 2.61. The molecule has 0 saturated heterocycles. The molecule has 0 aliphatic rings. The van der Waals surface area contributed by atoms with Crippen molar-refractivity contribution in [3.8, 4) is 0 Å².